The van der Waals surface area contributed by atoms with Crippen molar-refractivity contribution in [1.82, 2.24) is 10.6 Å². The van der Waals surface area contributed by atoms with Crippen molar-refractivity contribution >= 4 is 5.91 Å². The lowest BCUT2D eigenvalue weighted by Gasteiger charge is -2.18. The Morgan fingerprint density at radius 2 is 1.57 bits per heavy atom. The van der Waals surface area contributed by atoms with Crippen LogP contribution in [0.2, 0.25) is 0 Å². The van der Waals surface area contributed by atoms with Gasteiger partial charge in [0.2, 0.25) is 5.91 Å². The van der Waals surface area contributed by atoms with Crippen molar-refractivity contribution in [1.29, 1.82) is 0 Å². The molecule has 0 aliphatic rings. The molecule has 1 amide bonds. The lowest BCUT2D eigenvalue weighted by atomic mass is 10.0. The summed E-state index contributed by atoms with van der Waals surface area (Å²) in [5.41, 5.74) is -2.87. The molecule has 2 N–H and O–H groups in total. The van der Waals surface area contributed by atoms with Gasteiger partial charge in [-0.15, -0.1) is 0 Å². The lowest BCUT2D eigenvalue weighted by Crippen LogP contribution is -2.43. The molecule has 0 saturated carbocycles. The third kappa shape index (κ3) is 7.95. The van der Waals surface area contributed by atoms with Gasteiger partial charge in [-0.05, 0) is 44.0 Å². The molecular formula is C18H24F6N2O2. The Morgan fingerprint density at radius 3 is 2.00 bits per heavy atom. The number of alkyl halides is 6. The van der Waals surface area contributed by atoms with Crippen LogP contribution >= 0.6 is 0 Å². The molecule has 1 atom stereocenters. The number of hydrogen-bond acceptors (Lipinski definition) is 3. The first-order valence-corrected chi connectivity index (χ1v) is 8.71. The van der Waals surface area contributed by atoms with Gasteiger partial charge in [0, 0.05) is 6.54 Å². The molecule has 0 aliphatic carbocycles. The summed E-state index contributed by atoms with van der Waals surface area (Å²) in [6, 6.07) is 0.708. The number of amides is 1. The molecule has 0 bridgehead atoms. The molecule has 4 nitrogen and oxygen atoms in total. The molecule has 0 fully saturated rings. The fourth-order valence-corrected chi connectivity index (χ4v) is 2.43. The first-order chi connectivity index (χ1) is 12.8. The van der Waals surface area contributed by atoms with Crippen molar-refractivity contribution in [3.63, 3.8) is 0 Å². The summed E-state index contributed by atoms with van der Waals surface area (Å²) < 4.78 is 81.8. The minimum Gasteiger partial charge on any atom is -0.493 e. The Labute approximate surface area is 159 Å². The lowest BCUT2D eigenvalue weighted by molar-refractivity contribution is -0.143. The number of carbonyl (C=O) groups is 1. The first kappa shape index (κ1) is 24.1. The van der Waals surface area contributed by atoms with Crippen LogP contribution in [0.1, 0.15) is 37.8 Å². The van der Waals surface area contributed by atoms with Gasteiger partial charge < -0.3 is 15.4 Å². The van der Waals surface area contributed by atoms with E-state index < -0.39 is 29.2 Å². The Balaban J connectivity index is 2.62. The first-order valence-electron chi connectivity index (χ1n) is 8.71. The molecule has 1 unspecified atom stereocenters. The van der Waals surface area contributed by atoms with Crippen molar-refractivity contribution in [3.8, 4) is 5.75 Å². The highest BCUT2D eigenvalue weighted by Crippen LogP contribution is 2.38. The molecule has 10 heteroatoms. The normalized spacial score (nSPS) is 13.5. The zero-order valence-electron chi connectivity index (χ0n) is 15.8. The number of benzene rings is 1. The van der Waals surface area contributed by atoms with Crippen LogP contribution in [0.25, 0.3) is 0 Å². The minimum atomic E-state index is -4.92. The minimum absolute atomic E-state index is 0.0414. The summed E-state index contributed by atoms with van der Waals surface area (Å²) in [7, 11) is 1.65. The molecule has 0 aromatic heterocycles. The number of nitrogens with one attached hydrogen (secondary N) is 2. The number of carbonyl (C=O) groups excluding carboxylic acids is 1. The quantitative estimate of drug-likeness (QED) is 0.469. The molecule has 0 radical (unpaired) electrons. The maximum absolute atomic E-state index is 12.8. The summed E-state index contributed by atoms with van der Waals surface area (Å²) in [5.74, 6) is -0.453. The summed E-state index contributed by atoms with van der Waals surface area (Å²) in [5, 5.41) is 5.54. The summed E-state index contributed by atoms with van der Waals surface area (Å²) in [4.78, 5) is 12.0. The average molecular weight is 414 g/mol. The van der Waals surface area contributed by atoms with Crippen LogP contribution < -0.4 is 15.4 Å². The maximum Gasteiger partial charge on any atom is 0.416 e. The number of halogens is 6. The largest absolute Gasteiger partial charge is 0.493 e. The SMILES string of the molecule is CNC(CC(C)C)C(=O)NCCCOc1cc(C(F)(F)F)cc(C(F)(F)F)c1. The van der Waals surface area contributed by atoms with E-state index in [1.54, 1.807) is 7.05 Å². The zero-order valence-corrected chi connectivity index (χ0v) is 15.8. The Kier molecular flexibility index (Phi) is 8.59. The van der Waals surface area contributed by atoms with Crippen LogP contribution in [0.15, 0.2) is 18.2 Å². The molecule has 1 rings (SSSR count). The topological polar surface area (TPSA) is 50.4 Å². The van der Waals surface area contributed by atoms with E-state index in [1.807, 2.05) is 13.8 Å². The zero-order chi connectivity index (χ0) is 21.5. The molecule has 1 aromatic rings. The predicted molar refractivity (Wildman–Crippen MR) is 91.9 cm³/mol. The molecule has 1 aromatic carbocycles. The van der Waals surface area contributed by atoms with E-state index >= 15 is 0 Å². The fraction of sp³-hybridized carbons (Fsp3) is 0.611. The second kappa shape index (κ2) is 9.99. The van der Waals surface area contributed by atoms with Gasteiger partial charge >= 0.3 is 12.4 Å². The Morgan fingerprint density at radius 1 is 1.04 bits per heavy atom. The van der Waals surface area contributed by atoms with Gasteiger partial charge in [-0.2, -0.15) is 26.3 Å². The highest BCUT2D eigenvalue weighted by atomic mass is 19.4. The number of likely N-dealkylation sites (N-methyl/N-ethyl adjacent to an activating group) is 1. The molecule has 0 spiro atoms. The van der Waals surface area contributed by atoms with Crippen LogP contribution in [0, 0.1) is 5.92 Å². The third-order valence-corrected chi connectivity index (χ3v) is 3.82. The van der Waals surface area contributed by atoms with Crippen LogP contribution in [0.4, 0.5) is 26.3 Å². The predicted octanol–water partition coefficient (Wildman–Crippen LogP) is 4.24. The van der Waals surface area contributed by atoms with Crippen LogP contribution in [-0.2, 0) is 17.1 Å². The Bertz CT molecular complexity index is 612. The number of ether oxygens (including phenoxy) is 1. The standard InChI is InChI=1S/C18H24F6N2O2/c1-11(2)7-15(25-3)16(27)26-5-4-6-28-14-9-12(17(19,20)21)8-13(10-14)18(22,23)24/h8-11,15,25H,4-7H2,1-3H3,(H,26,27). The molecule has 0 aliphatic heterocycles. The van der Waals surface area contributed by atoms with E-state index in [2.05, 4.69) is 10.6 Å². The molecule has 0 saturated heterocycles. The van der Waals surface area contributed by atoms with Crippen molar-refractivity contribution in [2.45, 2.75) is 45.1 Å². The Hall–Kier alpha value is -1.97. The highest BCUT2D eigenvalue weighted by Gasteiger charge is 2.37. The van der Waals surface area contributed by atoms with Crippen LogP contribution in [0.5, 0.6) is 5.75 Å². The van der Waals surface area contributed by atoms with E-state index in [-0.39, 0.29) is 37.6 Å². The number of rotatable bonds is 9. The summed E-state index contributed by atoms with van der Waals surface area (Å²) >= 11 is 0. The van der Waals surface area contributed by atoms with Gasteiger partial charge in [-0.1, -0.05) is 13.8 Å². The summed E-state index contributed by atoms with van der Waals surface area (Å²) in [6.45, 7) is 3.97. The highest BCUT2D eigenvalue weighted by molar-refractivity contribution is 5.81. The van der Waals surface area contributed by atoms with E-state index in [0.29, 0.717) is 24.5 Å². The van der Waals surface area contributed by atoms with Crippen LogP contribution in [0.3, 0.4) is 0 Å². The van der Waals surface area contributed by atoms with Gasteiger partial charge in [0.1, 0.15) is 5.75 Å². The van der Waals surface area contributed by atoms with E-state index in [0.717, 1.165) is 0 Å². The molecule has 160 valence electrons. The van der Waals surface area contributed by atoms with E-state index in [9.17, 15) is 31.1 Å². The summed E-state index contributed by atoms with van der Waals surface area (Å²) in [6.07, 6.45) is -9.00. The van der Waals surface area contributed by atoms with Gasteiger partial charge in [0.25, 0.3) is 0 Å². The number of hydrogen-bond donors (Lipinski definition) is 2. The van der Waals surface area contributed by atoms with Gasteiger partial charge in [0.05, 0.1) is 23.8 Å². The second-order valence-electron chi connectivity index (χ2n) is 6.71. The fourth-order valence-electron chi connectivity index (χ4n) is 2.43. The van der Waals surface area contributed by atoms with Crippen molar-refractivity contribution < 1.29 is 35.9 Å². The third-order valence-electron chi connectivity index (χ3n) is 3.82. The van der Waals surface area contributed by atoms with E-state index in [4.69, 9.17) is 4.74 Å². The molecular weight excluding hydrogens is 390 g/mol. The van der Waals surface area contributed by atoms with Crippen molar-refractivity contribution in [2.75, 3.05) is 20.2 Å². The molecule has 0 heterocycles. The maximum atomic E-state index is 12.8. The van der Waals surface area contributed by atoms with Crippen molar-refractivity contribution in [3.05, 3.63) is 29.3 Å². The second-order valence-corrected chi connectivity index (χ2v) is 6.71. The van der Waals surface area contributed by atoms with Crippen molar-refractivity contribution in [2.24, 2.45) is 5.92 Å². The van der Waals surface area contributed by atoms with E-state index in [1.165, 1.54) is 0 Å². The smallest absolute Gasteiger partial charge is 0.416 e. The van der Waals surface area contributed by atoms with Crippen LogP contribution in [-0.4, -0.2) is 32.1 Å². The monoisotopic (exact) mass is 414 g/mol. The average Bonchev–Trinajstić information content (AvgIpc) is 2.57. The van der Waals surface area contributed by atoms with Gasteiger partial charge in [-0.25, -0.2) is 0 Å². The molecule has 28 heavy (non-hydrogen) atoms. The van der Waals surface area contributed by atoms with Gasteiger partial charge in [0.15, 0.2) is 0 Å². The van der Waals surface area contributed by atoms with Gasteiger partial charge in [-0.3, -0.25) is 4.79 Å².